The van der Waals surface area contributed by atoms with Crippen molar-refractivity contribution in [3.63, 3.8) is 0 Å². The highest BCUT2D eigenvalue weighted by Crippen LogP contribution is 2.11. The zero-order valence-corrected chi connectivity index (χ0v) is 14.9. The average Bonchev–Trinajstić information content (AvgIpc) is 2.58. The van der Waals surface area contributed by atoms with Crippen molar-refractivity contribution in [1.82, 2.24) is 9.55 Å². The Morgan fingerprint density at radius 1 is 1.19 bits per heavy atom. The first-order valence-corrected chi connectivity index (χ1v) is 8.08. The number of nitrogen functional groups attached to an aromatic ring is 1. The van der Waals surface area contributed by atoms with Gasteiger partial charge in [0.2, 0.25) is 5.78 Å². The minimum absolute atomic E-state index is 0.280. The number of anilines is 1. The number of nitrogens with one attached hydrogen (secondary N) is 1. The molecular formula is C18H21N3O5. The number of rotatable bonds is 6. The van der Waals surface area contributed by atoms with E-state index in [2.05, 4.69) is 13.8 Å². The van der Waals surface area contributed by atoms with Gasteiger partial charge in [0.05, 0.1) is 5.56 Å². The highest BCUT2D eigenvalue weighted by Gasteiger charge is 2.20. The third-order valence-corrected chi connectivity index (χ3v) is 3.82. The molecule has 8 nitrogen and oxygen atoms in total. The molecule has 2 rings (SSSR count). The Morgan fingerprint density at radius 3 is 2.38 bits per heavy atom. The topological polar surface area (TPSA) is 124 Å². The van der Waals surface area contributed by atoms with Crippen molar-refractivity contribution in [1.29, 1.82) is 0 Å². The standard InChI is InChI=1S/C18H21N3O5/c1-10(2)8-11-4-6-12(7-5-11)17(24)26-9-13(22)14-15(19)21(3)18(25)20-16(14)23/h4-7,10H,8-9,19H2,1-3H3,(H,20,23,25). The quantitative estimate of drug-likeness (QED) is 0.583. The number of ether oxygens (including phenoxy) is 1. The van der Waals surface area contributed by atoms with Crippen molar-refractivity contribution in [3.05, 3.63) is 61.8 Å². The van der Waals surface area contributed by atoms with Gasteiger partial charge in [0.25, 0.3) is 5.56 Å². The minimum atomic E-state index is -0.912. The number of benzene rings is 1. The van der Waals surface area contributed by atoms with E-state index in [1.807, 2.05) is 17.1 Å². The van der Waals surface area contributed by atoms with Crippen LogP contribution in [0.15, 0.2) is 33.9 Å². The van der Waals surface area contributed by atoms with Crippen molar-refractivity contribution in [3.8, 4) is 0 Å². The van der Waals surface area contributed by atoms with Gasteiger partial charge in [-0.25, -0.2) is 9.59 Å². The molecule has 0 bridgehead atoms. The molecule has 1 aromatic carbocycles. The highest BCUT2D eigenvalue weighted by molar-refractivity contribution is 6.02. The van der Waals surface area contributed by atoms with Crippen LogP contribution in [0, 0.1) is 5.92 Å². The smallest absolute Gasteiger partial charge is 0.338 e. The van der Waals surface area contributed by atoms with Gasteiger partial charge < -0.3 is 10.5 Å². The monoisotopic (exact) mass is 359 g/mol. The number of esters is 1. The van der Waals surface area contributed by atoms with Gasteiger partial charge in [0.15, 0.2) is 6.61 Å². The zero-order chi connectivity index (χ0) is 19.4. The van der Waals surface area contributed by atoms with Crippen molar-refractivity contribution in [2.24, 2.45) is 13.0 Å². The van der Waals surface area contributed by atoms with Gasteiger partial charge in [0, 0.05) is 7.05 Å². The number of aromatic nitrogens is 2. The van der Waals surface area contributed by atoms with Crippen LogP contribution in [0.4, 0.5) is 5.82 Å². The number of nitrogens with two attached hydrogens (primary N) is 1. The van der Waals surface area contributed by atoms with E-state index in [4.69, 9.17) is 10.5 Å². The van der Waals surface area contributed by atoms with E-state index in [0.717, 1.165) is 16.6 Å². The first-order chi connectivity index (χ1) is 12.2. The number of Topliss-reactive ketones (excluding diaryl/α,β-unsaturated/α-hetero) is 1. The van der Waals surface area contributed by atoms with Gasteiger partial charge in [-0.3, -0.25) is 19.1 Å². The second-order valence-corrected chi connectivity index (χ2v) is 6.37. The third kappa shape index (κ3) is 4.27. The summed E-state index contributed by atoms with van der Waals surface area (Å²) in [6.07, 6.45) is 0.891. The van der Waals surface area contributed by atoms with Crippen molar-refractivity contribution in [2.45, 2.75) is 20.3 Å². The van der Waals surface area contributed by atoms with Gasteiger partial charge in [-0.15, -0.1) is 0 Å². The Labute approximate surface area is 149 Å². The molecule has 0 saturated heterocycles. The summed E-state index contributed by atoms with van der Waals surface area (Å²) in [6, 6.07) is 6.90. The summed E-state index contributed by atoms with van der Waals surface area (Å²) in [7, 11) is 1.31. The molecule has 1 aromatic heterocycles. The van der Waals surface area contributed by atoms with Crippen LogP contribution in [-0.4, -0.2) is 27.9 Å². The van der Waals surface area contributed by atoms with Gasteiger partial charge >= 0.3 is 11.7 Å². The molecule has 3 N–H and O–H groups in total. The number of hydrogen-bond acceptors (Lipinski definition) is 6. The largest absolute Gasteiger partial charge is 0.454 e. The van der Waals surface area contributed by atoms with Gasteiger partial charge in [-0.2, -0.15) is 0 Å². The fraction of sp³-hybridized carbons (Fsp3) is 0.333. The SMILES string of the molecule is CC(C)Cc1ccc(C(=O)OCC(=O)c2c(N)n(C)c(=O)[nH]c2=O)cc1. The van der Waals surface area contributed by atoms with Crippen LogP contribution in [0.1, 0.15) is 40.1 Å². The molecule has 0 atom stereocenters. The molecule has 0 aliphatic carbocycles. The molecule has 0 spiro atoms. The summed E-state index contributed by atoms with van der Waals surface area (Å²) >= 11 is 0. The maximum absolute atomic E-state index is 12.2. The van der Waals surface area contributed by atoms with Crippen molar-refractivity contribution in [2.75, 3.05) is 12.3 Å². The first kappa shape index (κ1) is 19.2. The molecular weight excluding hydrogens is 338 g/mol. The number of H-pyrrole nitrogens is 1. The zero-order valence-electron chi connectivity index (χ0n) is 14.9. The summed E-state index contributed by atoms with van der Waals surface area (Å²) in [6.45, 7) is 3.54. The van der Waals surface area contributed by atoms with Crippen LogP contribution in [0.25, 0.3) is 0 Å². The lowest BCUT2D eigenvalue weighted by molar-refractivity contribution is 0.0474. The summed E-state index contributed by atoms with van der Waals surface area (Å²) < 4.78 is 5.90. The number of aromatic amines is 1. The average molecular weight is 359 g/mol. The van der Waals surface area contributed by atoms with Crippen LogP contribution in [-0.2, 0) is 18.2 Å². The number of hydrogen-bond donors (Lipinski definition) is 2. The Kier molecular flexibility index (Phi) is 5.76. The Hall–Kier alpha value is -3.16. The predicted molar refractivity (Wildman–Crippen MR) is 96.3 cm³/mol. The Morgan fingerprint density at radius 2 is 1.81 bits per heavy atom. The van der Waals surface area contributed by atoms with Gasteiger partial charge in [-0.1, -0.05) is 26.0 Å². The predicted octanol–water partition coefficient (Wildman–Crippen LogP) is 0.894. The lowest BCUT2D eigenvalue weighted by Crippen LogP contribution is -2.35. The molecule has 0 fully saturated rings. The van der Waals surface area contributed by atoms with E-state index in [0.29, 0.717) is 11.5 Å². The second kappa shape index (κ2) is 7.81. The highest BCUT2D eigenvalue weighted by atomic mass is 16.5. The number of ketones is 1. The Bertz CT molecular complexity index is 939. The number of nitrogens with zero attached hydrogens (tertiary/aromatic N) is 1. The van der Waals surface area contributed by atoms with E-state index >= 15 is 0 Å². The van der Waals surface area contributed by atoms with E-state index < -0.39 is 35.2 Å². The van der Waals surface area contributed by atoms with Crippen LogP contribution in [0.3, 0.4) is 0 Å². The van der Waals surface area contributed by atoms with Crippen molar-refractivity contribution >= 4 is 17.6 Å². The molecule has 0 saturated carbocycles. The van der Waals surface area contributed by atoms with E-state index in [1.165, 1.54) is 7.05 Å². The molecule has 2 aromatic rings. The normalized spacial score (nSPS) is 10.8. The molecule has 138 valence electrons. The van der Waals surface area contributed by atoms with E-state index in [1.54, 1.807) is 12.1 Å². The van der Waals surface area contributed by atoms with E-state index in [-0.39, 0.29) is 5.82 Å². The lowest BCUT2D eigenvalue weighted by atomic mass is 10.0. The van der Waals surface area contributed by atoms with E-state index in [9.17, 15) is 19.2 Å². The molecule has 26 heavy (non-hydrogen) atoms. The maximum Gasteiger partial charge on any atom is 0.338 e. The fourth-order valence-electron chi connectivity index (χ4n) is 2.44. The van der Waals surface area contributed by atoms with Crippen molar-refractivity contribution < 1.29 is 14.3 Å². The summed E-state index contributed by atoms with van der Waals surface area (Å²) in [4.78, 5) is 49.4. The number of carbonyl (C=O) groups is 2. The molecule has 0 aliphatic heterocycles. The van der Waals surface area contributed by atoms with Crippen LogP contribution >= 0.6 is 0 Å². The molecule has 0 unspecified atom stereocenters. The van der Waals surface area contributed by atoms with Gasteiger partial charge in [-0.05, 0) is 30.0 Å². The second-order valence-electron chi connectivity index (χ2n) is 6.37. The molecule has 0 aliphatic rings. The molecule has 0 radical (unpaired) electrons. The summed E-state index contributed by atoms with van der Waals surface area (Å²) in [5.74, 6) is -1.26. The van der Waals surface area contributed by atoms with Crippen LogP contribution in [0.2, 0.25) is 0 Å². The summed E-state index contributed by atoms with van der Waals surface area (Å²) in [5, 5.41) is 0. The third-order valence-electron chi connectivity index (χ3n) is 3.82. The fourth-order valence-corrected chi connectivity index (χ4v) is 2.44. The van der Waals surface area contributed by atoms with Crippen LogP contribution < -0.4 is 17.0 Å². The number of carbonyl (C=O) groups excluding carboxylic acids is 2. The molecule has 0 amide bonds. The molecule has 8 heteroatoms. The minimum Gasteiger partial charge on any atom is -0.454 e. The van der Waals surface area contributed by atoms with Crippen LogP contribution in [0.5, 0.6) is 0 Å². The summed E-state index contributed by atoms with van der Waals surface area (Å²) in [5.41, 5.74) is 4.98. The first-order valence-electron chi connectivity index (χ1n) is 8.08. The lowest BCUT2D eigenvalue weighted by Gasteiger charge is -2.09. The Balaban J connectivity index is 2.08. The van der Waals surface area contributed by atoms with Gasteiger partial charge in [0.1, 0.15) is 11.4 Å². The molecule has 1 heterocycles. The maximum atomic E-state index is 12.2.